The van der Waals surface area contributed by atoms with Crippen LogP contribution in [0, 0.1) is 0 Å². The van der Waals surface area contributed by atoms with Gasteiger partial charge in [-0.2, -0.15) is 0 Å². The Morgan fingerprint density at radius 2 is 1.21 bits per heavy atom. The van der Waals surface area contributed by atoms with Gasteiger partial charge in [-0.1, -0.05) is 95.0 Å². The molecule has 6 heteroatoms. The van der Waals surface area contributed by atoms with Gasteiger partial charge >= 0.3 is 11.9 Å². The van der Waals surface area contributed by atoms with Crippen molar-refractivity contribution in [2.75, 3.05) is 0 Å². The molecule has 1 aromatic carbocycles. The standard InChI is InChI=1S/C22H34O6/c1-2-3-4-5-6-7-8-9-10-14-17-21(27,19(23)24)22(28,20(25)26)18-15-12-11-13-16-18/h11-13,15-16,27-28H,2-10,14,17H2,1H3,(H,23,24)(H,25,26). The molecule has 0 saturated heterocycles. The van der Waals surface area contributed by atoms with Crippen LogP contribution >= 0.6 is 0 Å². The molecule has 6 nitrogen and oxygen atoms in total. The zero-order valence-electron chi connectivity index (χ0n) is 16.8. The molecule has 0 fully saturated rings. The number of rotatable bonds is 15. The Balaban J connectivity index is 2.63. The molecule has 0 aromatic heterocycles. The van der Waals surface area contributed by atoms with Gasteiger partial charge in [0.1, 0.15) is 0 Å². The summed E-state index contributed by atoms with van der Waals surface area (Å²) < 4.78 is 0. The molecule has 0 radical (unpaired) electrons. The third-order valence-electron chi connectivity index (χ3n) is 5.35. The average Bonchev–Trinajstić information content (AvgIpc) is 2.68. The number of hydrogen-bond acceptors (Lipinski definition) is 4. The topological polar surface area (TPSA) is 115 Å². The predicted octanol–water partition coefficient (Wildman–Crippen LogP) is 4.09. The van der Waals surface area contributed by atoms with Gasteiger partial charge in [0.15, 0.2) is 0 Å². The minimum absolute atomic E-state index is 0.153. The minimum atomic E-state index is -2.92. The number of hydrogen-bond donors (Lipinski definition) is 4. The molecule has 0 spiro atoms. The molecule has 0 aliphatic heterocycles. The summed E-state index contributed by atoms with van der Waals surface area (Å²) in [5.41, 5.74) is -5.88. The smallest absolute Gasteiger partial charge is 0.344 e. The van der Waals surface area contributed by atoms with E-state index in [4.69, 9.17) is 0 Å². The first kappa shape index (κ1) is 24.1. The van der Waals surface area contributed by atoms with Crippen molar-refractivity contribution < 1.29 is 30.0 Å². The lowest BCUT2D eigenvalue weighted by atomic mass is 9.74. The van der Waals surface area contributed by atoms with Crippen molar-refractivity contribution in [1.29, 1.82) is 0 Å². The first-order valence-corrected chi connectivity index (χ1v) is 10.3. The SMILES string of the molecule is CCCCCCCCCCCCC(O)(C(=O)O)C(O)(C(=O)O)c1ccccc1. The van der Waals surface area contributed by atoms with Gasteiger partial charge in [0.2, 0.25) is 11.2 Å². The molecule has 0 aliphatic carbocycles. The van der Waals surface area contributed by atoms with Gasteiger partial charge in [0.25, 0.3) is 0 Å². The largest absolute Gasteiger partial charge is 0.479 e. The third-order valence-corrected chi connectivity index (χ3v) is 5.35. The Hall–Kier alpha value is -1.92. The number of carbonyl (C=O) groups is 2. The lowest BCUT2D eigenvalue weighted by Gasteiger charge is -2.37. The maximum absolute atomic E-state index is 11.8. The monoisotopic (exact) mass is 394 g/mol. The summed E-state index contributed by atoms with van der Waals surface area (Å²) in [4.78, 5) is 23.5. The maximum atomic E-state index is 11.8. The lowest BCUT2D eigenvalue weighted by Crippen LogP contribution is -2.61. The van der Waals surface area contributed by atoms with Crippen LogP contribution in [0.2, 0.25) is 0 Å². The molecule has 0 aliphatic rings. The van der Waals surface area contributed by atoms with E-state index >= 15 is 0 Å². The highest BCUT2D eigenvalue weighted by Gasteiger charge is 2.61. The number of unbranched alkanes of at least 4 members (excludes halogenated alkanes) is 9. The molecule has 28 heavy (non-hydrogen) atoms. The van der Waals surface area contributed by atoms with Gasteiger partial charge in [0.05, 0.1) is 0 Å². The maximum Gasteiger partial charge on any atom is 0.344 e. The van der Waals surface area contributed by atoms with Crippen molar-refractivity contribution in [2.24, 2.45) is 0 Å². The van der Waals surface area contributed by atoms with Gasteiger partial charge in [-0.15, -0.1) is 0 Å². The van der Waals surface area contributed by atoms with E-state index in [2.05, 4.69) is 6.92 Å². The molecule has 0 amide bonds. The van der Waals surface area contributed by atoms with Gasteiger partial charge in [-0.05, 0) is 18.4 Å². The van der Waals surface area contributed by atoms with Crippen molar-refractivity contribution in [2.45, 2.75) is 88.8 Å². The molecule has 0 bridgehead atoms. The van der Waals surface area contributed by atoms with Crippen molar-refractivity contribution >= 4 is 11.9 Å². The Labute approximate surface area is 167 Å². The highest BCUT2D eigenvalue weighted by molar-refractivity contribution is 5.91. The molecule has 0 saturated carbocycles. The van der Waals surface area contributed by atoms with Crippen LogP contribution in [0.3, 0.4) is 0 Å². The van der Waals surface area contributed by atoms with E-state index in [0.29, 0.717) is 12.8 Å². The molecule has 1 rings (SSSR count). The zero-order chi connectivity index (χ0) is 21.0. The summed E-state index contributed by atoms with van der Waals surface area (Å²) in [6, 6.07) is 7.22. The lowest BCUT2D eigenvalue weighted by molar-refractivity contribution is -0.211. The van der Waals surface area contributed by atoms with Gasteiger partial charge in [0, 0.05) is 0 Å². The Bertz CT molecular complexity index is 602. The number of carboxylic acid groups (broad SMARTS) is 2. The second kappa shape index (κ2) is 11.8. The predicted molar refractivity (Wildman–Crippen MR) is 107 cm³/mol. The van der Waals surface area contributed by atoms with Crippen molar-refractivity contribution in [3.05, 3.63) is 35.9 Å². The summed E-state index contributed by atoms with van der Waals surface area (Å²) in [7, 11) is 0. The van der Waals surface area contributed by atoms with Crippen molar-refractivity contribution in [3.63, 3.8) is 0 Å². The minimum Gasteiger partial charge on any atom is -0.479 e. The number of aliphatic carboxylic acids is 2. The molecule has 4 N–H and O–H groups in total. The second-order valence-corrected chi connectivity index (χ2v) is 7.48. The fraction of sp³-hybridized carbons (Fsp3) is 0.636. The molecule has 2 atom stereocenters. The summed E-state index contributed by atoms with van der Waals surface area (Å²) in [6.07, 6.45) is 9.86. The Kier molecular flexibility index (Phi) is 10.2. The van der Waals surface area contributed by atoms with Crippen LogP contribution in [0.4, 0.5) is 0 Å². The van der Waals surface area contributed by atoms with E-state index in [-0.39, 0.29) is 12.0 Å². The molecule has 2 unspecified atom stereocenters. The van der Waals surface area contributed by atoms with Crippen LogP contribution in [0.1, 0.15) is 83.1 Å². The van der Waals surface area contributed by atoms with E-state index in [1.165, 1.54) is 56.4 Å². The van der Waals surface area contributed by atoms with E-state index in [1.54, 1.807) is 6.07 Å². The van der Waals surface area contributed by atoms with Crippen LogP contribution < -0.4 is 0 Å². The van der Waals surface area contributed by atoms with Crippen molar-refractivity contribution in [1.82, 2.24) is 0 Å². The van der Waals surface area contributed by atoms with Crippen LogP contribution in [0.5, 0.6) is 0 Å². The zero-order valence-corrected chi connectivity index (χ0v) is 16.8. The summed E-state index contributed by atoms with van der Waals surface area (Å²) in [5.74, 6) is -3.52. The van der Waals surface area contributed by atoms with Gasteiger partial charge in [-0.25, -0.2) is 9.59 Å². The average molecular weight is 395 g/mol. The first-order chi connectivity index (χ1) is 13.3. The fourth-order valence-electron chi connectivity index (χ4n) is 3.53. The normalized spacial score (nSPS) is 15.5. The quantitative estimate of drug-likeness (QED) is 0.333. The van der Waals surface area contributed by atoms with Crippen LogP contribution in [-0.4, -0.2) is 38.0 Å². The second-order valence-electron chi connectivity index (χ2n) is 7.48. The van der Waals surface area contributed by atoms with Crippen LogP contribution in [-0.2, 0) is 15.2 Å². The van der Waals surface area contributed by atoms with Gasteiger partial charge < -0.3 is 20.4 Å². The molecular weight excluding hydrogens is 360 g/mol. The molecule has 0 heterocycles. The number of carboxylic acids is 2. The molecule has 1 aromatic rings. The van der Waals surface area contributed by atoms with E-state index < -0.39 is 23.1 Å². The highest BCUT2D eigenvalue weighted by atomic mass is 16.5. The van der Waals surface area contributed by atoms with Gasteiger partial charge in [-0.3, -0.25) is 0 Å². The summed E-state index contributed by atoms with van der Waals surface area (Å²) >= 11 is 0. The fourth-order valence-corrected chi connectivity index (χ4v) is 3.53. The summed E-state index contributed by atoms with van der Waals surface area (Å²) in [6.45, 7) is 2.18. The number of benzene rings is 1. The highest BCUT2D eigenvalue weighted by Crippen LogP contribution is 2.38. The van der Waals surface area contributed by atoms with Crippen LogP contribution in [0.25, 0.3) is 0 Å². The summed E-state index contributed by atoms with van der Waals surface area (Å²) in [5, 5.41) is 40.6. The molecular formula is C22H34O6. The Morgan fingerprint density at radius 1 is 0.750 bits per heavy atom. The Morgan fingerprint density at radius 3 is 1.64 bits per heavy atom. The van der Waals surface area contributed by atoms with E-state index in [1.807, 2.05) is 0 Å². The number of aliphatic hydroxyl groups is 2. The van der Waals surface area contributed by atoms with E-state index in [0.717, 1.165) is 19.3 Å². The first-order valence-electron chi connectivity index (χ1n) is 10.3. The van der Waals surface area contributed by atoms with Crippen molar-refractivity contribution in [3.8, 4) is 0 Å². The third kappa shape index (κ3) is 6.04. The van der Waals surface area contributed by atoms with Crippen LogP contribution in [0.15, 0.2) is 30.3 Å². The molecule has 158 valence electrons. The van der Waals surface area contributed by atoms with E-state index in [9.17, 15) is 30.0 Å².